The van der Waals surface area contributed by atoms with Crippen LogP contribution in [0.5, 0.6) is 17.2 Å². The Labute approximate surface area is 336 Å². The number of Topliss-reactive ketones (excluding diaryl/α,β-unsaturated/α-hetero) is 1. The van der Waals surface area contributed by atoms with Gasteiger partial charge < -0.3 is 55.3 Å². The van der Waals surface area contributed by atoms with Gasteiger partial charge in [0, 0.05) is 87.3 Å². The van der Waals surface area contributed by atoms with Gasteiger partial charge in [-0.05, 0) is 19.9 Å². The van der Waals surface area contributed by atoms with E-state index >= 15 is 0 Å². The Kier molecular flexibility index (Phi) is 11.7. The minimum absolute atomic E-state index is 0.0139. The van der Waals surface area contributed by atoms with Crippen LogP contribution in [0.2, 0.25) is 0 Å². The van der Waals surface area contributed by atoms with Crippen LogP contribution in [0.25, 0.3) is 10.8 Å². The summed E-state index contributed by atoms with van der Waals surface area (Å²) in [6, 6.07) is -0.580. The summed E-state index contributed by atoms with van der Waals surface area (Å²) in [5.74, 6) is -6.07. The predicted octanol–water partition coefficient (Wildman–Crippen LogP) is 3.26. The number of nitrogens with two attached hydrogens (primary N) is 1. The number of methoxy groups -OCH3 is 2. The second-order valence-corrected chi connectivity index (χ2v) is 16.2. The van der Waals surface area contributed by atoms with Crippen LogP contribution in [-0.4, -0.2) is 106 Å². The highest BCUT2D eigenvalue weighted by molar-refractivity contribution is 6.21. The number of piperidine rings is 1. The number of anilines is 1. The Hall–Kier alpha value is -5.03. The second-order valence-electron chi connectivity index (χ2n) is 16.2. The van der Waals surface area contributed by atoms with Crippen LogP contribution in [-0.2, 0) is 19.0 Å². The van der Waals surface area contributed by atoms with Gasteiger partial charge in [0.25, 0.3) is 11.7 Å². The SMILES string of the molecule is COC1/C=C/OC2(C)Oc3c(C)c(O)c4c(O)c(c5c(c4c3C2=O)NC2(CCN(C(N)=O)CC2)N=5)=NC(=O)/C(C)=C\C=C\C(C)C(O)C(C)C(O)C(C)C(OC)C1C. The molecule has 2 aromatic rings. The molecule has 58 heavy (non-hydrogen) atoms. The molecule has 4 aliphatic heterocycles. The molecule has 16 nitrogen and oxygen atoms in total. The maximum absolute atomic E-state index is 14.6. The number of aliphatic hydroxyl groups is 2. The van der Waals surface area contributed by atoms with Crippen molar-refractivity contribution in [3.63, 3.8) is 0 Å². The Morgan fingerprint density at radius 3 is 2.24 bits per heavy atom. The fourth-order valence-electron chi connectivity index (χ4n) is 8.74. The summed E-state index contributed by atoms with van der Waals surface area (Å²) in [5.41, 5.74) is 5.09. The molecule has 0 aromatic heterocycles. The van der Waals surface area contributed by atoms with Crippen LogP contribution in [0.4, 0.5) is 10.5 Å². The van der Waals surface area contributed by atoms with Gasteiger partial charge in [-0.25, -0.2) is 9.79 Å². The largest absolute Gasteiger partial charge is 0.507 e. The first-order valence-corrected chi connectivity index (χ1v) is 19.6. The Morgan fingerprint density at radius 1 is 0.948 bits per heavy atom. The van der Waals surface area contributed by atoms with Crippen molar-refractivity contribution in [1.29, 1.82) is 0 Å². The molecule has 9 atom stereocenters. The maximum atomic E-state index is 14.6. The third kappa shape index (κ3) is 7.20. The first-order chi connectivity index (χ1) is 27.3. The fraction of sp³-hybridized carbons (Fsp3) is 0.548. The molecule has 4 heterocycles. The van der Waals surface area contributed by atoms with Crippen LogP contribution in [0, 0.1) is 30.6 Å². The summed E-state index contributed by atoms with van der Waals surface area (Å²) in [7, 11) is 3.05. The number of benzene rings is 2. The highest BCUT2D eigenvalue weighted by Crippen LogP contribution is 2.51. The number of amides is 3. The highest BCUT2D eigenvalue weighted by Gasteiger charge is 2.50. The van der Waals surface area contributed by atoms with Crippen molar-refractivity contribution in [2.24, 2.45) is 39.4 Å². The molecule has 16 heteroatoms. The summed E-state index contributed by atoms with van der Waals surface area (Å²) in [5, 5.41) is 49.7. The van der Waals surface area contributed by atoms with Crippen molar-refractivity contribution in [2.45, 2.75) is 97.2 Å². The Balaban J connectivity index is 1.57. The summed E-state index contributed by atoms with van der Waals surface area (Å²) in [6.07, 6.45) is 5.26. The van der Waals surface area contributed by atoms with Crippen molar-refractivity contribution in [3.05, 3.63) is 58.0 Å². The van der Waals surface area contributed by atoms with E-state index in [4.69, 9.17) is 29.7 Å². The topological polar surface area (TPSA) is 235 Å². The van der Waals surface area contributed by atoms with E-state index in [0.717, 1.165) is 0 Å². The average molecular weight is 806 g/mol. The summed E-state index contributed by atoms with van der Waals surface area (Å²) >= 11 is 0. The smallest absolute Gasteiger partial charge is 0.314 e. The molecule has 4 bridgehead atoms. The molecule has 7 N–H and O–H groups in total. The molecule has 314 valence electrons. The van der Waals surface area contributed by atoms with E-state index < -0.39 is 82.8 Å². The molecular formula is C42H55N5O11. The number of likely N-dealkylation sites (tertiary alicyclic amines) is 1. The number of aromatic hydroxyl groups is 2. The van der Waals surface area contributed by atoms with E-state index in [2.05, 4.69) is 10.3 Å². The minimum Gasteiger partial charge on any atom is -0.507 e. The van der Waals surface area contributed by atoms with Gasteiger partial charge >= 0.3 is 11.8 Å². The van der Waals surface area contributed by atoms with E-state index in [1.54, 1.807) is 39.0 Å². The van der Waals surface area contributed by atoms with Gasteiger partial charge in [-0.2, -0.15) is 0 Å². The number of nitrogens with zero attached hydrogens (tertiary/aromatic N) is 3. The normalized spacial score (nSPS) is 33.4. The zero-order valence-corrected chi connectivity index (χ0v) is 34.4. The number of phenolic OH excluding ortho intramolecular Hbond substituents is 2. The average Bonchev–Trinajstić information content (AvgIpc) is 3.69. The predicted molar refractivity (Wildman–Crippen MR) is 213 cm³/mol. The lowest BCUT2D eigenvalue weighted by molar-refractivity contribution is -0.114. The third-order valence-electron chi connectivity index (χ3n) is 12.5. The first-order valence-electron chi connectivity index (χ1n) is 19.6. The van der Waals surface area contributed by atoms with Gasteiger partial charge in [-0.1, -0.05) is 45.9 Å². The first kappa shape index (κ1) is 42.6. The monoisotopic (exact) mass is 805 g/mol. The van der Waals surface area contributed by atoms with Crippen molar-refractivity contribution in [1.82, 2.24) is 4.90 Å². The zero-order valence-electron chi connectivity index (χ0n) is 34.4. The quantitative estimate of drug-likeness (QED) is 0.240. The van der Waals surface area contributed by atoms with E-state index in [1.165, 1.54) is 45.3 Å². The van der Waals surface area contributed by atoms with Gasteiger partial charge in [0.15, 0.2) is 5.75 Å². The van der Waals surface area contributed by atoms with Gasteiger partial charge in [0.1, 0.15) is 27.9 Å². The number of hydrogen-bond donors (Lipinski definition) is 6. The number of rotatable bonds is 2. The molecule has 1 saturated heterocycles. The second kappa shape index (κ2) is 16.0. The maximum Gasteiger partial charge on any atom is 0.314 e. The van der Waals surface area contributed by atoms with Crippen molar-refractivity contribution in [2.75, 3.05) is 32.6 Å². The van der Waals surface area contributed by atoms with Crippen LogP contribution in [0.3, 0.4) is 0 Å². The molecule has 0 aliphatic carbocycles. The molecule has 1 spiro atoms. The van der Waals surface area contributed by atoms with Gasteiger partial charge in [0.2, 0.25) is 0 Å². The minimum atomic E-state index is -1.94. The number of carbonyl (C=O) groups excluding carboxylic acids is 3. The van der Waals surface area contributed by atoms with Crippen LogP contribution in [0.1, 0.15) is 70.3 Å². The van der Waals surface area contributed by atoms with E-state index in [1.807, 2.05) is 13.8 Å². The number of urea groups is 1. The molecule has 6 rings (SSSR count). The number of hydrogen-bond acceptors (Lipinski definition) is 13. The highest BCUT2D eigenvalue weighted by atomic mass is 16.7. The Morgan fingerprint density at radius 2 is 1.62 bits per heavy atom. The summed E-state index contributed by atoms with van der Waals surface area (Å²) < 4.78 is 24.0. The Bertz CT molecular complexity index is 2230. The lowest BCUT2D eigenvalue weighted by Crippen LogP contribution is -2.50. The molecule has 9 unspecified atom stereocenters. The number of allylic oxidation sites excluding steroid dienone is 2. The molecule has 0 radical (unpaired) electrons. The fourth-order valence-corrected chi connectivity index (χ4v) is 8.74. The number of phenols is 2. The molecular weight excluding hydrogens is 750 g/mol. The lowest BCUT2D eigenvalue weighted by atomic mass is 9.78. The molecule has 4 aliphatic rings. The number of nitrogens with one attached hydrogen (secondary N) is 1. The number of primary amides is 1. The number of fused-ring (bicyclic) bond motifs is 1. The summed E-state index contributed by atoms with van der Waals surface area (Å²) in [4.78, 5) is 51.2. The molecule has 2 aromatic carbocycles. The number of aliphatic hydroxyl groups excluding tert-OH is 2. The molecule has 3 amide bonds. The van der Waals surface area contributed by atoms with Crippen LogP contribution >= 0.6 is 0 Å². The van der Waals surface area contributed by atoms with Crippen molar-refractivity contribution in [3.8, 4) is 17.2 Å². The van der Waals surface area contributed by atoms with Crippen LogP contribution in [0.15, 0.2) is 46.1 Å². The standard InChI is InChI=1S/C42H55N5O11/c1-19-11-10-12-20(2)39(53)44-31-30-29(45-42(46-30)14-16-47(17-15-42)40(43)54)26-27(35(31)51)34(50)24(6)37-28(26)38(52)41(7,58-37)57-18-13-25(55-8)21(3)36(56-9)23(5)33(49)22(4)32(19)48/h10-13,18-19,21-23,25,32-33,36,45,48-51H,14-17H2,1-9H3,(H2,43,54)/b11-10+,18-13+,20-12-,44-31?. The lowest BCUT2D eigenvalue weighted by Gasteiger charge is -2.37. The molecule has 1 fully saturated rings. The van der Waals surface area contributed by atoms with E-state index in [0.29, 0.717) is 12.8 Å². The van der Waals surface area contributed by atoms with E-state index in [-0.39, 0.29) is 68.6 Å². The van der Waals surface area contributed by atoms with Crippen molar-refractivity contribution >= 4 is 34.2 Å². The van der Waals surface area contributed by atoms with Gasteiger partial charge in [0.05, 0.1) is 47.3 Å². The van der Waals surface area contributed by atoms with E-state index in [9.17, 15) is 34.8 Å². The van der Waals surface area contributed by atoms with Gasteiger partial charge in [-0.15, -0.1) is 0 Å². The zero-order chi connectivity index (χ0) is 42.6. The molecule has 0 saturated carbocycles. The van der Waals surface area contributed by atoms with Crippen molar-refractivity contribution < 1.29 is 53.8 Å². The third-order valence-corrected chi connectivity index (χ3v) is 12.5. The number of carbonyl (C=O) groups is 3. The number of ketones is 1. The summed E-state index contributed by atoms with van der Waals surface area (Å²) in [6.45, 7) is 12.3. The van der Waals surface area contributed by atoms with Crippen LogP contribution < -0.4 is 26.5 Å². The van der Waals surface area contributed by atoms with Gasteiger partial charge in [-0.3, -0.25) is 14.6 Å². The number of ether oxygens (including phenoxy) is 4.